The largest absolute Gasteiger partial charge is 0.381 e. The van der Waals surface area contributed by atoms with Gasteiger partial charge in [0.15, 0.2) is 0 Å². The van der Waals surface area contributed by atoms with Gasteiger partial charge in [0.2, 0.25) is 0 Å². The van der Waals surface area contributed by atoms with Crippen LogP contribution in [0.4, 0.5) is 0 Å². The highest BCUT2D eigenvalue weighted by atomic mass is 32.1. The van der Waals surface area contributed by atoms with Gasteiger partial charge in [0.1, 0.15) is 0 Å². The van der Waals surface area contributed by atoms with Gasteiger partial charge < -0.3 is 10.1 Å². The molecule has 3 nitrogen and oxygen atoms in total. The second-order valence-corrected chi connectivity index (χ2v) is 4.86. The van der Waals surface area contributed by atoms with E-state index < -0.39 is 0 Å². The lowest BCUT2D eigenvalue weighted by Crippen LogP contribution is -2.33. The molecule has 1 unspecified atom stereocenters. The van der Waals surface area contributed by atoms with E-state index in [0.717, 1.165) is 31.0 Å². The summed E-state index contributed by atoms with van der Waals surface area (Å²) in [4.78, 5) is 12.7. The second kappa shape index (κ2) is 6.07. The Morgan fingerprint density at radius 1 is 1.53 bits per heavy atom. The highest BCUT2D eigenvalue weighted by Gasteiger charge is 2.15. The molecule has 1 saturated heterocycles. The van der Waals surface area contributed by atoms with Gasteiger partial charge in [-0.1, -0.05) is 6.07 Å². The topological polar surface area (TPSA) is 38.3 Å². The maximum Gasteiger partial charge on any atom is 0.251 e. The van der Waals surface area contributed by atoms with E-state index in [1.807, 2.05) is 12.1 Å². The number of benzene rings is 1. The summed E-state index contributed by atoms with van der Waals surface area (Å²) in [6, 6.07) is 7.26. The van der Waals surface area contributed by atoms with E-state index in [2.05, 4.69) is 17.9 Å². The number of hydrogen-bond acceptors (Lipinski definition) is 3. The van der Waals surface area contributed by atoms with E-state index in [1.165, 1.54) is 0 Å². The number of rotatable bonds is 3. The minimum atomic E-state index is -0.0357. The number of carbonyl (C=O) groups excluding carboxylic acids is 1. The van der Waals surface area contributed by atoms with E-state index in [9.17, 15) is 4.79 Å². The van der Waals surface area contributed by atoms with Gasteiger partial charge in [-0.05, 0) is 37.0 Å². The van der Waals surface area contributed by atoms with Crippen molar-refractivity contribution in [2.75, 3.05) is 19.8 Å². The number of thiol groups is 1. The molecule has 1 fully saturated rings. The van der Waals surface area contributed by atoms with Gasteiger partial charge in [0.05, 0.1) is 6.61 Å². The van der Waals surface area contributed by atoms with Crippen LogP contribution in [-0.2, 0) is 4.74 Å². The fourth-order valence-corrected chi connectivity index (χ4v) is 2.18. The Bertz CT molecular complexity index is 389. The van der Waals surface area contributed by atoms with Crippen molar-refractivity contribution in [3.63, 3.8) is 0 Å². The van der Waals surface area contributed by atoms with Crippen LogP contribution < -0.4 is 5.32 Å². The minimum absolute atomic E-state index is 0.0357. The van der Waals surface area contributed by atoms with Crippen molar-refractivity contribution in [1.29, 1.82) is 0 Å². The lowest BCUT2D eigenvalue weighted by atomic mass is 10.0. The van der Waals surface area contributed by atoms with E-state index >= 15 is 0 Å². The first-order valence-corrected chi connectivity index (χ1v) is 6.35. The smallest absolute Gasteiger partial charge is 0.251 e. The zero-order chi connectivity index (χ0) is 12.1. The average molecular weight is 251 g/mol. The standard InChI is InChI=1S/C13H17NO2S/c15-13(11-4-1-5-12(17)7-11)14-8-10-3-2-6-16-9-10/h1,4-5,7,10,17H,2-3,6,8-9H2,(H,14,15). The Labute approximate surface area is 107 Å². The Kier molecular flexibility index (Phi) is 4.45. The molecule has 0 aliphatic carbocycles. The number of hydrogen-bond donors (Lipinski definition) is 2. The Morgan fingerprint density at radius 3 is 3.12 bits per heavy atom. The lowest BCUT2D eigenvalue weighted by molar-refractivity contribution is 0.0536. The molecule has 1 heterocycles. The number of nitrogens with one attached hydrogen (secondary N) is 1. The highest BCUT2D eigenvalue weighted by Crippen LogP contribution is 2.13. The third-order valence-corrected chi connectivity index (χ3v) is 3.19. The quantitative estimate of drug-likeness (QED) is 0.808. The summed E-state index contributed by atoms with van der Waals surface area (Å²) < 4.78 is 5.38. The summed E-state index contributed by atoms with van der Waals surface area (Å²) in [6.45, 7) is 2.30. The number of amides is 1. The minimum Gasteiger partial charge on any atom is -0.381 e. The average Bonchev–Trinajstić information content (AvgIpc) is 2.37. The first-order chi connectivity index (χ1) is 8.25. The Hall–Kier alpha value is -1.00. The third-order valence-electron chi connectivity index (χ3n) is 2.91. The van der Waals surface area contributed by atoms with Crippen LogP contribution in [0.5, 0.6) is 0 Å². The molecule has 1 N–H and O–H groups in total. The summed E-state index contributed by atoms with van der Waals surface area (Å²) in [7, 11) is 0. The van der Waals surface area contributed by atoms with E-state index in [-0.39, 0.29) is 5.91 Å². The van der Waals surface area contributed by atoms with Crippen LogP contribution in [0.15, 0.2) is 29.2 Å². The van der Waals surface area contributed by atoms with Crippen molar-refractivity contribution < 1.29 is 9.53 Å². The molecule has 1 aromatic carbocycles. The highest BCUT2D eigenvalue weighted by molar-refractivity contribution is 7.80. The summed E-state index contributed by atoms with van der Waals surface area (Å²) in [5.41, 5.74) is 0.661. The summed E-state index contributed by atoms with van der Waals surface area (Å²) >= 11 is 4.22. The van der Waals surface area contributed by atoms with Gasteiger partial charge in [-0.3, -0.25) is 4.79 Å². The fraction of sp³-hybridized carbons (Fsp3) is 0.462. The molecule has 1 aliphatic heterocycles. The van der Waals surface area contributed by atoms with Gasteiger partial charge in [0.25, 0.3) is 5.91 Å². The number of ether oxygens (including phenoxy) is 1. The van der Waals surface area contributed by atoms with E-state index in [0.29, 0.717) is 18.0 Å². The van der Waals surface area contributed by atoms with Crippen molar-refractivity contribution in [2.45, 2.75) is 17.7 Å². The maximum atomic E-state index is 11.9. The molecule has 0 spiro atoms. The monoisotopic (exact) mass is 251 g/mol. The van der Waals surface area contributed by atoms with Crippen LogP contribution in [-0.4, -0.2) is 25.7 Å². The molecule has 1 atom stereocenters. The van der Waals surface area contributed by atoms with Gasteiger partial charge in [-0.15, -0.1) is 12.6 Å². The zero-order valence-electron chi connectivity index (χ0n) is 9.69. The molecule has 0 saturated carbocycles. The molecule has 2 rings (SSSR count). The van der Waals surface area contributed by atoms with Gasteiger partial charge in [-0.2, -0.15) is 0 Å². The molecule has 17 heavy (non-hydrogen) atoms. The first-order valence-electron chi connectivity index (χ1n) is 5.90. The molecule has 92 valence electrons. The van der Waals surface area contributed by atoms with E-state index in [1.54, 1.807) is 12.1 Å². The Balaban J connectivity index is 1.84. The van der Waals surface area contributed by atoms with Gasteiger partial charge in [0, 0.05) is 23.6 Å². The van der Waals surface area contributed by atoms with Crippen LogP contribution >= 0.6 is 12.6 Å². The fourth-order valence-electron chi connectivity index (χ4n) is 1.95. The number of carbonyl (C=O) groups is 1. The molecule has 1 amide bonds. The molecule has 0 bridgehead atoms. The van der Waals surface area contributed by atoms with Crippen molar-refractivity contribution >= 4 is 18.5 Å². The molecule has 1 aromatic rings. The molecule has 0 aromatic heterocycles. The third kappa shape index (κ3) is 3.75. The van der Waals surface area contributed by atoms with Crippen molar-refractivity contribution in [1.82, 2.24) is 5.32 Å². The van der Waals surface area contributed by atoms with Crippen LogP contribution in [0, 0.1) is 5.92 Å². The summed E-state index contributed by atoms with van der Waals surface area (Å²) in [6.07, 6.45) is 2.22. The molecule has 4 heteroatoms. The summed E-state index contributed by atoms with van der Waals surface area (Å²) in [5.74, 6) is 0.415. The predicted octanol–water partition coefficient (Wildman–Crippen LogP) is 2.13. The van der Waals surface area contributed by atoms with Crippen LogP contribution in [0.1, 0.15) is 23.2 Å². The van der Waals surface area contributed by atoms with Crippen molar-refractivity contribution in [2.24, 2.45) is 5.92 Å². The maximum absolute atomic E-state index is 11.9. The Morgan fingerprint density at radius 2 is 2.41 bits per heavy atom. The van der Waals surface area contributed by atoms with Gasteiger partial charge >= 0.3 is 0 Å². The van der Waals surface area contributed by atoms with Crippen LogP contribution in [0.3, 0.4) is 0 Å². The SMILES string of the molecule is O=C(NCC1CCCOC1)c1cccc(S)c1. The molecular weight excluding hydrogens is 234 g/mol. The molecule has 1 aliphatic rings. The van der Waals surface area contributed by atoms with Gasteiger partial charge in [-0.25, -0.2) is 0 Å². The van der Waals surface area contributed by atoms with Crippen LogP contribution in [0.2, 0.25) is 0 Å². The summed E-state index contributed by atoms with van der Waals surface area (Å²) in [5, 5.41) is 2.94. The second-order valence-electron chi connectivity index (χ2n) is 4.34. The van der Waals surface area contributed by atoms with Crippen molar-refractivity contribution in [3.8, 4) is 0 Å². The normalized spacial score (nSPS) is 19.9. The van der Waals surface area contributed by atoms with E-state index in [4.69, 9.17) is 4.74 Å². The van der Waals surface area contributed by atoms with Crippen LogP contribution in [0.25, 0.3) is 0 Å². The van der Waals surface area contributed by atoms with Crippen molar-refractivity contribution in [3.05, 3.63) is 29.8 Å². The predicted molar refractivity (Wildman–Crippen MR) is 69.6 cm³/mol. The molecular formula is C13H17NO2S. The molecule has 0 radical (unpaired) electrons. The lowest BCUT2D eigenvalue weighted by Gasteiger charge is -2.22. The first kappa shape index (κ1) is 12.5. The zero-order valence-corrected chi connectivity index (χ0v) is 10.6.